The molecule has 1 saturated carbocycles. The molecule has 0 saturated heterocycles. The molecular formula is C15H22N2O3S. The Morgan fingerprint density at radius 3 is 2.67 bits per heavy atom. The standard InChI is InChI=1S/C15H22N2O3S/c1-9(2)7-11(15(19)20)17-14(18)13-12(16-8-21-13)10-5-3-4-6-10/h8-11H,3-7H2,1-2H3,(H,17,18)(H,19,20)/t11-/m1/s1. The number of aliphatic carboxylic acids is 1. The minimum atomic E-state index is -0.982. The van der Waals surface area contributed by atoms with Crippen LogP contribution in [-0.2, 0) is 4.79 Å². The van der Waals surface area contributed by atoms with Gasteiger partial charge in [-0.25, -0.2) is 9.78 Å². The van der Waals surface area contributed by atoms with Gasteiger partial charge in [0, 0.05) is 5.92 Å². The summed E-state index contributed by atoms with van der Waals surface area (Å²) in [5, 5.41) is 11.9. The van der Waals surface area contributed by atoms with Crippen molar-refractivity contribution >= 4 is 23.2 Å². The van der Waals surface area contributed by atoms with Crippen molar-refractivity contribution in [2.24, 2.45) is 5.92 Å². The lowest BCUT2D eigenvalue weighted by atomic mass is 10.0. The van der Waals surface area contributed by atoms with E-state index in [2.05, 4.69) is 10.3 Å². The predicted octanol–water partition coefficient (Wildman–Crippen LogP) is 3.03. The van der Waals surface area contributed by atoms with Gasteiger partial charge < -0.3 is 10.4 Å². The average Bonchev–Trinajstić information content (AvgIpc) is 3.07. The van der Waals surface area contributed by atoms with Crippen LogP contribution in [0.15, 0.2) is 5.51 Å². The number of aromatic nitrogens is 1. The summed E-state index contributed by atoms with van der Waals surface area (Å²) in [5.74, 6) is -0.719. The van der Waals surface area contributed by atoms with Crippen LogP contribution in [-0.4, -0.2) is 28.0 Å². The normalized spacial score (nSPS) is 17.1. The van der Waals surface area contributed by atoms with Gasteiger partial charge in [0.1, 0.15) is 10.9 Å². The lowest BCUT2D eigenvalue weighted by molar-refractivity contribution is -0.139. The summed E-state index contributed by atoms with van der Waals surface area (Å²) < 4.78 is 0. The first-order valence-electron chi connectivity index (χ1n) is 7.46. The number of rotatable bonds is 6. The smallest absolute Gasteiger partial charge is 0.326 e. The zero-order valence-corrected chi connectivity index (χ0v) is 13.3. The second-order valence-electron chi connectivity index (χ2n) is 6.04. The molecule has 5 nitrogen and oxygen atoms in total. The van der Waals surface area contributed by atoms with Gasteiger partial charge in [-0.2, -0.15) is 0 Å². The van der Waals surface area contributed by atoms with E-state index in [4.69, 9.17) is 0 Å². The summed E-state index contributed by atoms with van der Waals surface area (Å²) >= 11 is 1.30. The highest BCUT2D eigenvalue weighted by Gasteiger charge is 2.28. The molecule has 1 aromatic rings. The van der Waals surface area contributed by atoms with E-state index >= 15 is 0 Å². The van der Waals surface area contributed by atoms with Crippen molar-refractivity contribution in [2.75, 3.05) is 0 Å². The van der Waals surface area contributed by atoms with Crippen LogP contribution in [0.5, 0.6) is 0 Å². The molecule has 116 valence electrons. The van der Waals surface area contributed by atoms with Crippen LogP contribution in [0.3, 0.4) is 0 Å². The Morgan fingerprint density at radius 2 is 2.10 bits per heavy atom. The van der Waals surface area contributed by atoms with Crippen molar-refractivity contribution in [3.8, 4) is 0 Å². The molecule has 0 aliphatic heterocycles. The third-order valence-corrected chi connectivity index (χ3v) is 4.69. The number of hydrogen-bond donors (Lipinski definition) is 2. The maximum Gasteiger partial charge on any atom is 0.326 e. The van der Waals surface area contributed by atoms with Crippen molar-refractivity contribution in [1.82, 2.24) is 10.3 Å². The van der Waals surface area contributed by atoms with Crippen LogP contribution in [0, 0.1) is 5.92 Å². The molecule has 6 heteroatoms. The van der Waals surface area contributed by atoms with Gasteiger partial charge in [0.15, 0.2) is 0 Å². The number of carbonyl (C=O) groups excluding carboxylic acids is 1. The monoisotopic (exact) mass is 310 g/mol. The van der Waals surface area contributed by atoms with Gasteiger partial charge in [0.25, 0.3) is 5.91 Å². The first-order chi connectivity index (χ1) is 9.99. The highest BCUT2D eigenvalue weighted by molar-refractivity contribution is 7.11. The number of carbonyl (C=O) groups is 2. The average molecular weight is 310 g/mol. The number of carboxylic acids is 1. The lowest BCUT2D eigenvalue weighted by Gasteiger charge is -2.17. The number of thiazole rings is 1. The van der Waals surface area contributed by atoms with E-state index in [-0.39, 0.29) is 11.8 Å². The fraction of sp³-hybridized carbons (Fsp3) is 0.667. The molecule has 2 N–H and O–H groups in total. The molecule has 0 radical (unpaired) electrons. The van der Waals surface area contributed by atoms with Crippen LogP contribution >= 0.6 is 11.3 Å². The second kappa shape index (κ2) is 7.02. The molecule has 0 unspecified atom stereocenters. The fourth-order valence-corrected chi connectivity index (χ4v) is 3.61. The van der Waals surface area contributed by atoms with E-state index in [9.17, 15) is 14.7 Å². The zero-order chi connectivity index (χ0) is 15.4. The van der Waals surface area contributed by atoms with E-state index in [1.807, 2.05) is 13.8 Å². The summed E-state index contributed by atoms with van der Waals surface area (Å²) in [5.41, 5.74) is 2.53. The van der Waals surface area contributed by atoms with Crippen molar-refractivity contribution in [3.05, 3.63) is 16.1 Å². The van der Waals surface area contributed by atoms with Crippen LogP contribution in [0.25, 0.3) is 0 Å². The van der Waals surface area contributed by atoms with Gasteiger partial charge in [0.2, 0.25) is 0 Å². The maximum atomic E-state index is 12.4. The Bertz CT molecular complexity index is 507. The third kappa shape index (κ3) is 4.03. The number of nitrogens with zero attached hydrogens (tertiary/aromatic N) is 1. The van der Waals surface area contributed by atoms with Gasteiger partial charge in [-0.05, 0) is 25.2 Å². The number of carboxylic acid groups (broad SMARTS) is 1. The minimum absolute atomic E-state index is 0.210. The van der Waals surface area contributed by atoms with Crippen molar-refractivity contribution < 1.29 is 14.7 Å². The number of amides is 1. The lowest BCUT2D eigenvalue weighted by Crippen LogP contribution is -2.41. The molecule has 1 atom stereocenters. The van der Waals surface area contributed by atoms with Crippen LogP contribution in [0.4, 0.5) is 0 Å². The Morgan fingerprint density at radius 1 is 1.43 bits per heavy atom. The highest BCUT2D eigenvalue weighted by atomic mass is 32.1. The maximum absolute atomic E-state index is 12.4. The van der Waals surface area contributed by atoms with E-state index in [0.717, 1.165) is 18.5 Å². The molecule has 0 spiro atoms. The van der Waals surface area contributed by atoms with Gasteiger partial charge in [0.05, 0.1) is 11.2 Å². The van der Waals surface area contributed by atoms with Crippen LogP contribution < -0.4 is 5.32 Å². The Labute approximate surface area is 128 Å². The largest absolute Gasteiger partial charge is 0.480 e. The molecule has 21 heavy (non-hydrogen) atoms. The van der Waals surface area contributed by atoms with Gasteiger partial charge in [-0.1, -0.05) is 26.7 Å². The highest BCUT2D eigenvalue weighted by Crippen LogP contribution is 2.36. The fourth-order valence-electron chi connectivity index (χ4n) is 2.83. The topological polar surface area (TPSA) is 79.3 Å². The summed E-state index contributed by atoms with van der Waals surface area (Å²) in [7, 11) is 0. The van der Waals surface area contributed by atoms with Crippen LogP contribution in [0.1, 0.15) is 67.2 Å². The summed E-state index contributed by atoms with van der Waals surface area (Å²) in [4.78, 5) is 28.6. The second-order valence-corrected chi connectivity index (χ2v) is 6.90. The molecule has 1 aromatic heterocycles. The van der Waals surface area contributed by atoms with E-state index in [0.29, 0.717) is 17.2 Å². The summed E-state index contributed by atoms with van der Waals surface area (Å²) in [6.07, 6.45) is 4.91. The van der Waals surface area contributed by atoms with Crippen molar-refractivity contribution in [3.63, 3.8) is 0 Å². The summed E-state index contributed by atoms with van der Waals surface area (Å²) in [6, 6.07) is -0.837. The van der Waals surface area contributed by atoms with Crippen molar-refractivity contribution in [1.29, 1.82) is 0 Å². The van der Waals surface area contributed by atoms with Crippen molar-refractivity contribution in [2.45, 2.75) is 57.9 Å². The molecule has 1 fully saturated rings. The quantitative estimate of drug-likeness (QED) is 0.846. The van der Waals surface area contributed by atoms with E-state index < -0.39 is 12.0 Å². The number of hydrogen-bond acceptors (Lipinski definition) is 4. The van der Waals surface area contributed by atoms with Gasteiger partial charge in [-0.15, -0.1) is 11.3 Å². The Kier molecular flexibility index (Phi) is 5.33. The molecule has 1 aliphatic rings. The predicted molar refractivity (Wildman–Crippen MR) is 81.7 cm³/mol. The minimum Gasteiger partial charge on any atom is -0.480 e. The van der Waals surface area contributed by atoms with Gasteiger partial charge in [-0.3, -0.25) is 4.79 Å². The third-order valence-electron chi connectivity index (χ3n) is 3.85. The number of nitrogens with one attached hydrogen (secondary N) is 1. The first kappa shape index (κ1) is 15.9. The molecule has 1 heterocycles. The van der Waals surface area contributed by atoms with E-state index in [1.165, 1.54) is 24.2 Å². The molecular weight excluding hydrogens is 288 g/mol. The van der Waals surface area contributed by atoms with Gasteiger partial charge >= 0.3 is 5.97 Å². The molecule has 0 aromatic carbocycles. The van der Waals surface area contributed by atoms with Crippen LogP contribution in [0.2, 0.25) is 0 Å². The molecule has 1 amide bonds. The molecule has 1 aliphatic carbocycles. The zero-order valence-electron chi connectivity index (χ0n) is 12.5. The Balaban J connectivity index is 2.09. The summed E-state index contributed by atoms with van der Waals surface area (Å²) in [6.45, 7) is 3.89. The SMILES string of the molecule is CC(C)C[C@@H](NC(=O)c1scnc1C1CCCC1)C(=O)O. The Hall–Kier alpha value is -1.43. The molecule has 0 bridgehead atoms. The molecule has 2 rings (SSSR count). The van der Waals surface area contributed by atoms with E-state index in [1.54, 1.807) is 5.51 Å². The first-order valence-corrected chi connectivity index (χ1v) is 8.34.